The average molecular weight is 565 g/mol. The van der Waals surface area contributed by atoms with Crippen molar-refractivity contribution in [3.8, 4) is 0 Å². The van der Waals surface area contributed by atoms with E-state index in [1.807, 2.05) is 0 Å². The third kappa shape index (κ3) is 6.75. The van der Waals surface area contributed by atoms with Crippen LogP contribution in [0.5, 0.6) is 0 Å². The van der Waals surface area contributed by atoms with Gasteiger partial charge in [-0.15, -0.1) is 12.4 Å². The second-order valence-electron chi connectivity index (χ2n) is 12.8. The molecule has 5 rings (SSSR count). The number of nitrogens with one attached hydrogen (secondary N) is 2. The SMILES string of the molecule is CC(C)(N)C(=O)N1CCN(C(=O)Nc2ccn(C3CCC(CNC4CC5(CC(N)C5)C4)CC3)c(=O)n2)CC1.Cl. The molecule has 0 unspecified atom stereocenters. The standard InChI is InChI=1S/C27H44N8O3.ClH/c1-26(2,29)23(36)33-9-11-34(12-10-33)24(37)31-22-7-8-35(25(38)32-22)21-5-3-18(4-6-21)17-30-20-15-27(16-20)13-19(28)14-27;/h7-8,18-21,30H,3-6,9-17,28-29H2,1-2H3,(H,31,32,37,38);1H. The first-order valence-electron chi connectivity index (χ1n) is 14.2. The number of hydrogen-bond acceptors (Lipinski definition) is 7. The molecule has 39 heavy (non-hydrogen) atoms. The predicted octanol–water partition coefficient (Wildman–Crippen LogP) is 1.67. The van der Waals surface area contributed by atoms with Crippen LogP contribution in [-0.2, 0) is 4.79 Å². The topological polar surface area (TPSA) is 152 Å². The summed E-state index contributed by atoms with van der Waals surface area (Å²) < 4.78 is 1.72. The molecule has 6 N–H and O–H groups in total. The Bertz CT molecular complexity index is 1080. The van der Waals surface area contributed by atoms with Crippen LogP contribution in [0.1, 0.15) is 71.3 Å². The van der Waals surface area contributed by atoms with Gasteiger partial charge in [0.05, 0.1) is 5.54 Å². The first-order chi connectivity index (χ1) is 18.0. The fourth-order valence-electron chi connectivity index (χ4n) is 6.95. The first-order valence-corrected chi connectivity index (χ1v) is 14.2. The lowest BCUT2D eigenvalue weighted by Crippen LogP contribution is -2.59. The normalized spacial score (nSPS) is 30.7. The van der Waals surface area contributed by atoms with Crippen LogP contribution in [0.3, 0.4) is 0 Å². The zero-order valence-electron chi connectivity index (χ0n) is 23.2. The van der Waals surface area contributed by atoms with Gasteiger partial charge in [0.25, 0.3) is 0 Å². The van der Waals surface area contributed by atoms with Gasteiger partial charge >= 0.3 is 11.7 Å². The highest BCUT2D eigenvalue weighted by atomic mass is 35.5. The van der Waals surface area contributed by atoms with Gasteiger partial charge < -0.3 is 26.6 Å². The molecule has 4 fully saturated rings. The lowest BCUT2D eigenvalue weighted by molar-refractivity contribution is -0.137. The van der Waals surface area contributed by atoms with E-state index in [1.54, 1.807) is 40.5 Å². The summed E-state index contributed by atoms with van der Waals surface area (Å²) in [6, 6.07) is 2.61. The van der Waals surface area contributed by atoms with Crippen molar-refractivity contribution in [2.75, 3.05) is 38.0 Å². The van der Waals surface area contributed by atoms with Gasteiger partial charge in [-0.1, -0.05) is 0 Å². The summed E-state index contributed by atoms with van der Waals surface area (Å²) in [6.07, 6.45) is 10.8. The monoisotopic (exact) mass is 564 g/mol. The summed E-state index contributed by atoms with van der Waals surface area (Å²) in [5.41, 5.74) is 11.2. The Morgan fingerprint density at radius 2 is 1.67 bits per heavy atom. The van der Waals surface area contributed by atoms with Crippen LogP contribution in [0.2, 0.25) is 0 Å². The molecule has 3 saturated carbocycles. The smallest absolute Gasteiger partial charge is 0.338 e. The number of amides is 3. The molecule has 0 radical (unpaired) electrons. The molecule has 3 aliphatic carbocycles. The maximum absolute atomic E-state index is 12.8. The average Bonchev–Trinajstić information content (AvgIpc) is 2.84. The zero-order valence-corrected chi connectivity index (χ0v) is 24.0. The fraction of sp³-hybridized carbons (Fsp3) is 0.778. The molecular formula is C27H45ClN8O3. The minimum atomic E-state index is -0.932. The van der Waals surface area contributed by atoms with E-state index < -0.39 is 5.54 Å². The van der Waals surface area contributed by atoms with Gasteiger partial charge in [0.15, 0.2) is 0 Å². The number of piperazine rings is 1. The molecule has 3 amide bonds. The van der Waals surface area contributed by atoms with E-state index in [4.69, 9.17) is 11.5 Å². The fourth-order valence-corrected chi connectivity index (χ4v) is 6.95. The Hall–Kier alpha value is -2.21. The lowest BCUT2D eigenvalue weighted by Gasteiger charge is -2.57. The van der Waals surface area contributed by atoms with Gasteiger partial charge in [0, 0.05) is 50.5 Å². The van der Waals surface area contributed by atoms with E-state index in [0.29, 0.717) is 49.6 Å². The number of hydrogen-bond donors (Lipinski definition) is 4. The first kappa shape index (κ1) is 29.8. The van der Waals surface area contributed by atoms with Crippen molar-refractivity contribution in [1.82, 2.24) is 24.7 Å². The van der Waals surface area contributed by atoms with Crippen molar-refractivity contribution in [2.45, 2.75) is 88.9 Å². The van der Waals surface area contributed by atoms with E-state index in [0.717, 1.165) is 32.2 Å². The van der Waals surface area contributed by atoms with Gasteiger partial charge in [-0.05, 0) is 89.2 Å². The summed E-state index contributed by atoms with van der Waals surface area (Å²) in [5.74, 6) is 0.778. The molecule has 1 aromatic heterocycles. The van der Waals surface area contributed by atoms with Crippen molar-refractivity contribution in [1.29, 1.82) is 0 Å². The minimum absolute atomic E-state index is 0. The molecule has 2 heterocycles. The largest absolute Gasteiger partial charge is 0.349 e. The Balaban J connectivity index is 0.00000353. The Morgan fingerprint density at radius 3 is 2.23 bits per heavy atom. The number of aromatic nitrogens is 2. The van der Waals surface area contributed by atoms with Crippen LogP contribution >= 0.6 is 12.4 Å². The maximum Gasteiger partial charge on any atom is 0.349 e. The van der Waals surface area contributed by atoms with Crippen molar-refractivity contribution in [3.63, 3.8) is 0 Å². The van der Waals surface area contributed by atoms with Crippen LogP contribution < -0.4 is 27.8 Å². The molecule has 11 nitrogen and oxygen atoms in total. The lowest BCUT2D eigenvalue weighted by atomic mass is 9.52. The highest BCUT2D eigenvalue weighted by molar-refractivity contribution is 5.89. The van der Waals surface area contributed by atoms with Crippen LogP contribution in [0.25, 0.3) is 0 Å². The number of nitrogens with zero attached hydrogens (tertiary/aromatic N) is 4. The van der Waals surface area contributed by atoms with Crippen LogP contribution in [-0.4, -0.2) is 81.6 Å². The van der Waals surface area contributed by atoms with E-state index in [2.05, 4.69) is 15.6 Å². The predicted molar refractivity (Wildman–Crippen MR) is 153 cm³/mol. The second-order valence-corrected chi connectivity index (χ2v) is 12.8. The maximum atomic E-state index is 12.8. The highest BCUT2D eigenvalue weighted by Crippen LogP contribution is 2.55. The summed E-state index contributed by atoms with van der Waals surface area (Å²) in [5, 5.41) is 6.51. The van der Waals surface area contributed by atoms with Gasteiger partial charge in [0.1, 0.15) is 5.82 Å². The molecule has 1 aliphatic heterocycles. The van der Waals surface area contributed by atoms with Gasteiger partial charge in [-0.2, -0.15) is 4.98 Å². The van der Waals surface area contributed by atoms with Crippen molar-refractivity contribution >= 4 is 30.2 Å². The molecule has 12 heteroatoms. The quantitative estimate of drug-likeness (QED) is 0.410. The van der Waals surface area contributed by atoms with E-state index >= 15 is 0 Å². The molecular weight excluding hydrogens is 520 g/mol. The van der Waals surface area contributed by atoms with Gasteiger partial charge in [0.2, 0.25) is 5.91 Å². The van der Waals surface area contributed by atoms with Crippen molar-refractivity contribution in [3.05, 3.63) is 22.7 Å². The van der Waals surface area contributed by atoms with Crippen LogP contribution in [0.4, 0.5) is 10.6 Å². The van der Waals surface area contributed by atoms with E-state index in [-0.39, 0.29) is 41.9 Å². The zero-order chi connectivity index (χ0) is 27.1. The van der Waals surface area contributed by atoms with Crippen molar-refractivity contribution in [2.24, 2.45) is 22.8 Å². The molecule has 4 aliphatic rings. The molecule has 0 bridgehead atoms. The number of rotatable bonds is 6. The molecule has 218 valence electrons. The number of nitrogens with two attached hydrogens (primary N) is 2. The highest BCUT2D eigenvalue weighted by Gasteiger charge is 2.51. The Labute approximate surface area is 236 Å². The summed E-state index contributed by atoms with van der Waals surface area (Å²) in [7, 11) is 0. The third-order valence-corrected chi connectivity index (χ3v) is 9.12. The second kappa shape index (κ2) is 11.7. The molecule has 1 spiro atoms. The number of carbonyl (C=O) groups is 2. The number of anilines is 1. The summed E-state index contributed by atoms with van der Waals surface area (Å²) >= 11 is 0. The van der Waals surface area contributed by atoms with Gasteiger partial charge in [-0.3, -0.25) is 14.7 Å². The molecule has 1 saturated heterocycles. The molecule has 1 aromatic rings. The van der Waals surface area contributed by atoms with Crippen LogP contribution in [0.15, 0.2) is 17.1 Å². The molecule has 0 atom stereocenters. The Kier molecular flexibility index (Phi) is 8.95. The number of halogens is 1. The van der Waals surface area contributed by atoms with Crippen molar-refractivity contribution < 1.29 is 9.59 Å². The summed E-state index contributed by atoms with van der Waals surface area (Å²) in [6.45, 7) is 6.08. The van der Waals surface area contributed by atoms with Crippen LogP contribution in [0, 0.1) is 11.3 Å². The third-order valence-electron chi connectivity index (χ3n) is 9.12. The Morgan fingerprint density at radius 1 is 1.05 bits per heavy atom. The number of urea groups is 1. The van der Waals surface area contributed by atoms with Gasteiger partial charge in [-0.25, -0.2) is 9.59 Å². The van der Waals surface area contributed by atoms with E-state index in [9.17, 15) is 14.4 Å². The number of carbonyl (C=O) groups excluding carboxylic acids is 2. The molecule has 0 aromatic carbocycles. The van der Waals surface area contributed by atoms with E-state index in [1.165, 1.54) is 25.7 Å². The minimum Gasteiger partial charge on any atom is -0.338 e. The summed E-state index contributed by atoms with van der Waals surface area (Å²) in [4.78, 5) is 45.3.